The van der Waals surface area contributed by atoms with E-state index in [4.69, 9.17) is 16.9 Å². The molecule has 8 heteroatoms. The van der Waals surface area contributed by atoms with Crippen LogP contribution in [0.4, 0.5) is 15.9 Å². The van der Waals surface area contributed by atoms with Crippen LogP contribution < -0.4 is 5.32 Å². The molecule has 0 saturated heterocycles. The fraction of sp³-hybridized carbons (Fsp3) is 0. The zero-order valence-corrected chi connectivity index (χ0v) is 20.1. The maximum Gasteiger partial charge on any atom is 0.141 e. The average Bonchev–Trinajstić information content (AvgIpc) is 2.95. The zero-order chi connectivity index (χ0) is 25.6. The minimum atomic E-state index is -0.445. The molecule has 0 saturated carbocycles. The fourth-order valence-corrected chi connectivity index (χ4v) is 3.90. The van der Waals surface area contributed by atoms with E-state index >= 15 is 0 Å². The molecule has 0 aliphatic heterocycles. The van der Waals surface area contributed by atoms with E-state index in [1.807, 2.05) is 60.7 Å². The Bertz CT molecular complexity index is 1740. The Morgan fingerprint density at radius 1 is 0.784 bits per heavy atom. The van der Waals surface area contributed by atoms with Crippen molar-refractivity contribution in [1.82, 2.24) is 19.9 Å². The Balaban J connectivity index is 0.000000152. The topological polar surface area (TPSA) is 87.4 Å². The summed E-state index contributed by atoms with van der Waals surface area (Å²) in [6.45, 7) is 0. The summed E-state index contributed by atoms with van der Waals surface area (Å²) in [5.74, 6) is 0.216. The van der Waals surface area contributed by atoms with Gasteiger partial charge in [-0.05, 0) is 65.7 Å². The highest BCUT2D eigenvalue weighted by molar-refractivity contribution is 6.31. The first kappa shape index (κ1) is 23.8. The molecule has 0 aliphatic rings. The summed E-state index contributed by atoms with van der Waals surface area (Å²) in [5, 5.41) is 13.9. The number of rotatable bonds is 3. The van der Waals surface area contributed by atoms with Gasteiger partial charge < -0.3 is 5.32 Å². The predicted octanol–water partition coefficient (Wildman–Crippen LogP) is 7.33. The predicted molar refractivity (Wildman–Crippen MR) is 144 cm³/mol. The molecule has 6 aromatic rings. The van der Waals surface area contributed by atoms with Crippen molar-refractivity contribution < 1.29 is 4.39 Å². The van der Waals surface area contributed by atoms with Crippen LogP contribution in [0, 0.1) is 17.1 Å². The Kier molecular flexibility index (Phi) is 6.93. The molecule has 1 N–H and O–H groups in total. The SMILES string of the molecule is Fc1ccc(Nc2ncnc3ccccc23)cc1Cl.N#Cc1ccc(-c2ccc3ncncc3c2)cc1. The molecule has 0 spiro atoms. The van der Waals surface area contributed by atoms with E-state index in [1.165, 1.54) is 18.5 Å². The van der Waals surface area contributed by atoms with Crippen molar-refractivity contribution in [3.8, 4) is 17.2 Å². The van der Waals surface area contributed by atoms with Gasteiger partial charge in [-0.1, -0.05) is 41.9 Å². The maximum absolute atomic E-state index is 13.1. The maximum atomic E-state index is 13.1. The molecule has 0 aliphatic carbocycles. The number of halogens is 2. The fourth-order valence-electron chi connectivity index (χ4n) is 3.72. The summed E-state index contributed by atoms with van der Waals surface area (Å²) in [5.41, 5.74) is 5.30. The van der Waals surface area contributed by atoms with E-state index in [-0.39, 0.29) is 5.02 Å². The van der Waals surface area contributed by atoms with Crippen molar-refractivity contribution in [2.75, 3.05) is 5.32 Å². The number of benzene rings is 4. The Morgan fingerprint density at radius 2 is 1.57 bits per heavy atom. The van der Waals surface area contributed by atoms with Crippen LogP contribution in [0.3, 0.4) is 0 Å². The lowest BCUT2D eigenvalue weighted by molar-refractivity contribution is 0.628. The molecule has 6 nitrogen and oxygen atoms in total. The average molecular weight is 505 g/mol. The molecular formula is C29H18ClFN6. The van der Waals surface area contributed by atoms with Gasteiger partial charge in [-0.2, -0.15) is 5.26 Å². The van der Waals surface area contributed by atoms with Crippen LogP contribution in [0.1, 0.15) is 5.56 Å². The smallest absolute Gasteiger partial charge is 0.141 e. The van der Waals surface area contributed by atoms with Gasteiger partial charge in [0.25, 0.3) is 0 Å². The molecule has 178 valence electrons. The molecule has 6 rings (SSSR count). The number of nitriles is 1. The number of para-hydroxylation sites is 1. The molecule has 0 unspecified atom stereocenters. The van der Waals surface area contributed by atoms with Crippen LogP contribution >= 0.6 is 11.6 Å². The third-order valence-corrected chi connectivity index (χ3v) is 5.87. The van der Waals surface area contributed by atoms with E-state index in [1.54, 1.807) is 18.6 Å². The molecule has 0 fully saturated rings. The van der Waals surface area contributed by atoms with Crippen LogP contribution in [-0.4, -0.2) is 19.9 Å². The van der Waals surface area contributed by atoms with Crippen molar-refractivity contribution in [1.29, 1.82) is 5.26 Å². The van der Waals surface area contributed by atoms with E-state index in [0.29, 0.717) is 17.1 Å². The minimum absolute atomic E-state index is 0.0726. The van der Waals surface area contributed by atoms with Gasteiger partial charge in [0.15, 0.2) is 0 Å². The first-order valence-corrected chi connectivity index (χ1v) is 11.6. The molecule has 2 aromatic heterocycles. The largest absolute Gasteiger partial charge is 0.340 e. The van der Waals surface area contributed by atoms with Gasteiger partial charge in [0.05, 0.1) is 27.7 Å². The Hall–Kier alpha value is -4.93. The van der Waals surface area contributed by atoms with Crippen molar-refractivity contribution >= 4 is 44.9 Å². The first-order valence-electron chi connectivity index (χ1n) is 11.2. The van der Waals surface area contributed by atoms with Crippen molar-refractivity contribution in [3.05, 3.63) is 120 Å². The zero-order valence-electron chi connectivity index (χ0n) is 19.3. The number of anilines is 2. The van der Waals surface area contributed by atoms with E-state index < -0.39 is 5.82 Å². The lowest BCUT2D eigenvalue weighted by Gasteiger charge is -2.08. The molecule has 0 atom stereocenters. The normalized spacial score (nSPS) is 10.4. The quantitative estimate of drug-likeness (QED) is 0.271. The number of hydrogen-bond donors (Lipinski definition) is 1. The number of nitrogens with zero attached hydrogens (tertiary/aromatic N) is 5. The van der Waals surface area contributed by atoms with Gasteiger partial charge in [-0.3, -0.25) is 0 Å². The minimum Gasteiger partial charge on any atom is -0.340 e. The van der Waals surface area contributed by atoms with E-state index in [0.717, 1.165) is 32.9 Å². The van der Waals surface area contributed by atoms with Gasteiger partial charge in [0.1, 0.15) is 24.3 Å². The van der Waals surface area contributed by atoms with Gasteiger partial charge in [0, 0.05) is 22.7 Å². The second-order valence-electron chi connectivity index (χ2n) is 7.98. The second-order valence-corrected chi connectivity index (χ2v) is 8.39. The van der Waals surface area contributed by atoms with Gasteiger partial charge in [-0.15, -0.1) is 0 Å². The third kappa shape index (κ3) is 5.50. The molecule has 37 heavy (non-hydrogen) atoms. The number of nitrogens with one attached hydrogen (secondary N) is 1. The first-order chi connectivity index (χ1) is 18.1. The number of aromatic nitrogens is 4. The molecular weight excluding hydrogens is 487 g/mol. The van der Waals surface area contributed by atoms with E-state index in [9.17, 15) is 4.39 Å². The monoisotopic (exact) mass is 504 g/mol. The third-order valence-electron chi connectivity index (χ3n) is 5.58. The van der Waals surface area contributed by atoms with Crippen LogP contribution in [0.15, 0.2) is 104 Å². The van der Waals surface area contributed by atoms with E-state index in [2.05, 4.69) is 37.4 Å². The highest BCUT2D eigenvalue weighted by Gasteiger charge is 2.05. The lowest BCUT2D eigenvalue weighted by Crippen LogP contribution is -1.96. The molecule has 2 heterocycles. The number of hydrogen-bond acceptors (Lipinski definition) is 6. The van der Waals surface area contributed by atoms with Crippen molar-refractivity contribution in [2.24, 2.45) is 0 Å². The van der Waals surface area contributed by atoms with Gasteiger partial charge in [0.2, 0.25) is 0 Å². The van der Waals surface area contributed by atoms with Crippen LogP contribution in [0.2, 0.25) is 5.02 Å². The number of fused-ring (bicyclic) bond motifs is 2. The van der Waals surface area contributed by atoms with Crippen LogP contribution in [0.5, 0.6) is 0 Å². The van der Waals surface area contributed by atoms with Gasteiger partial charge in [-0.25, -0.2) is 24.3 Å². The van der Waals surface area contributed by atoms with Crippen molar-refractivity contribution in [3.63, 3.8) is 0 Å². The summed E-state index contributed by atoms with van der Waals surface area (Å²) < 4.78 is 13.1. The van der Waals surface area contributed by atoms with Crippen LogP contribution in [-0.2, 0) is 0 Å². The highest BCUT2D eigenvalue weighted by Crippen LogP contribution is 2.26. The summed E-state index contributed by atoms with van der Waals surface area (Å²) in [4.78, 5) is 16.6. The molecule has 4 aromatic carbocycles. The molecule has 0 bridgehead atoms. The summed E-state index contributed by atoms with van der Waals surface area (Å²) in [6, 6.07) is 27.8. The highest BCUT2D eigenvalue weighted by atomic mass is 35.5. The van der Waals surface area contributed by atoms with Gasteiger partial charge >= 0.3 is 0 Å². The van der Waals surface area contributed by atoms with Crippen LogP contribution in [0.25, 0.3) is 32.9 Å². The standard InChI is InChI=1S/C15H9N3.C14H9ClFN3/c16-8-11-1-3-12(4-2-11)13-5-6-15-14(7-13)9-17-10-18-15;15-11-7-9(5-6-12(11)16)19-14-10-3-1-2-4-13(10)17-8-18-14/h1-7,9-10H;1-8H,(H,17,18,19). The molecule has 0 amide bonds. The second kappa shape index (κ2) is 10.8. The summed E-state index contributed by atoms with van der Waals surface area (Å²) in [6.07, 6.45) is 4.83. The summed E-state index contributed by atoms with van der Waals surface area (Å²) >= 11 is 5.75. The summed E-state index contributed by atoms with van der Waals surface area (Å²) in [7, 11) is 0. The molecule has 0 radical (unpaired) electrons. The lowest BCUT2D eigenvalue weighted by atomic mass is 10.0. The Labute approximate surface area is 217 Å². The Morgan fingerprint density at radius 3 is 2.38 bits per heavy atom. The van der Waals surface area contributed by atoms with Crippen molar-refractivity contribution in [2.45, 2.75) is 0 Å².